The lowest BCUT2D eigenvalue weighted by Gasteiger charge is -2.45. The van der Waals surface area contributed by atoms with Crippen LogP contribution in [-0.2, 0) is 32.6 Å². The summed E-state index contributed by atoms with van der Waals surface area (Å²) >= 11 is 0. The van der Waals surface area contributed by atoms with Crippen LogP contribution in [0.25, 0.3) is 11.1 Å². The molecule has 46 heavy (non-hydrogen) atoms. The first kappa shape index (κ1) is 35.1. The van der Waals surface area contributed by atoms with Crippen LogP contribution in [0.5, 0.6) is 0 Å². The van der Waals surface area contributed by atoms with Gasteiger partial charge in [0.15, 0.2) is 0 Å². The highest BCUT2D eigenvalue weighted by Gasteiger charge is 2.44. The maximum atomic E-state index is 14.0. The number of aryl methyl sites for hydroxylation is 1. The van der Waals surface area contributed by atoms with Crippen molar-refractivity contribution < 1.29 is 43.9 Å². The molecule has 0 spiro atoms. The molecule has 15 heteroatoms. The summed E-state index contributed by atoms with van der Waals surface area (Å²) in [5.41, 5.74) is -3.33. The molecule has 2 aromatic carbocycles. The van der Waals surface area contributed by atoms with E-state index >= 15 is 0 Å². The molecular weight excluding hydrogens is 641 g/mol. The number of rotatable bonds is 7. The van der Waals surface area contributed by atoms with Crippen LogP contribution in [0.2, 0.25) is 0 Å². The van der Waals surface area contributed by atoms with E-state index in [2.05, 4.69) is 9.71 Å². The van der Waals surface area contributed by atoms with E-state index in [1.165, 1.54) is 33.0 Å². The Morgan fingerprint density at radius 2 is 1.54 bits per heavy atom. The first-order valence-corrected chi connectivity index (χ1v) is 16.0. The molecule has 7 nitrogen and oxygen atoms in total. The van der Waals surface area contributed by atoms with Gasteiger partial charge in [0, 0.05) is 32.4 Å². The lowest BCUT2D eigenvalue weighted by molar-refractivity contribution is -0.144. The van der Waals surface area contributed by atoms with E-state index in [9.17, 15) is 43.9 Å². The second-order valence-electron chi connectivity index (χ2n) is 12.0. The molecule has 2 atom stereocenters. The number of carbonyl (C=O) groups excluding carboxylic acids is 1. The molecule has 0 bridgehead atoms. The molecule has 4 rings (SSSR count). The van der Waals surface area contributed by atoms with E-state index in [-0.39, 0.29) is 19.0 Å². The maximum Gasteiger partial charge on any atom is 0.416 e. The molecule has 2 heterocycles. The van der Waals surface area contributed by atoms with Crippen molar-refractivity contribution in [2.24, 2.45) is 0 Å². The van der Waals surface area contributed by atoms with Gasteiger partial charge in [-0.15, -0.1) is 0 Å². The van der Waals surface area contributed by atoms with Crippen LogP contribution in [0.1, 0.15) is 42.5 Å². The number of pyridine rings is 1. The van der Waals surface area contributed by atoms with E-state index < -0.39 is 68.3 Å². The summed E-state index contributed by atoms with van der Waals surface area (Å²) in [5, 5.41) is 0. The Morgan fingerprint density at radius 1 is 0.957 bits per heavy atom. The molecule has 0 radical (unpaired) electrons. The number of halogens is 7. The number of amides is 1. The zero-order valence-corrected chi connectivity index (χ0v) is 26.4. The number of carbonyl (C=O) groups is 1. The smallest absolute Gasteiger partial charge is 0.354 e. The topological polar surface area (TPSA) is 82.6 Å². The fraction of sp³-hybridized carbons (Fsp3) is 0.419. The highest BCUT2D eigenvalue weighted by atomic mass is 32.2. The van der Waals surface area contributed by atoms with Gasteiger partial charge in [0.25, 0.3) is 0 Å². The summed E-state index contributed by atoms with van der Waals surface area (Å²) in [5.74, 6) is -0.748. The van der Waals surface area contributed by atoms with E-state index in [0.29, 0.717) is 30.1 Å². The first-order valence-electron chi connectivity index (χ1n) is 14.1. The van der Waals surface area contributed by atoms with Crippen LogP contribution >= 0.6 is 0 Å². The predicted molar refractivity (Wildman–Crippen MR) is 159 cm³/mol. The van der Waals surface area contributed by atoms with Gasteiger partial charge in [-0.25, -0.2) is 22.5 Å². The van der Waals surface area contributed by atoms with Crippen molar-refractivity contribution in [3.05, 3.63) is 82.8 Å². The fourth-order valence-electron chi connectivity index (χ4n) is 5.69. The Balaban J connectivity index is 1.71. The number of nitrogens with zero attached hydrogens (tertiary/aromatic N) is 3. The molecule has 0 aliphatic carbocycles. The van der Waals surface area contributed by atoms with Gasteiger partial charge in [-0.1, -0.05) is 6.07 Å². The third-order valence-electron chi connectivity index (χ3n) is 8.18. The molecule has 3 aromatic rings. The molecule has 1 N–H and O–H groups in total. The molecule has 250 valence electrons. The Labute approximate surface area is 262 Å². The summed E-state index contributed by atoms with van der Waals surface area (Å²) in [6.45, 7) is 4.52. The highest BCUT2D eigenvalue weighted by Crippen LogP contribution is 2.40. The average Bonchev–Trinajstić information content (AvgIpc) is 2.94. The average molecular weight is 675 g/mol. The van der Waals surface area contributed by atoms with E-state index in [0.717, 1.165) is 22.3 Å². The minimum Gasteiger partial charge on any atom is -0.354 e. The minimum absolute atomic E-state index is 0.00655. The number of likely N-dealkylation sites (N-methyl/N-ethyl adjacent to an activating group) is 1. The van der Waals surface area contributed by atoms with Gasteiger partial charge in [-0.3, -0.25) is 4.79 Å². The van der Waals surface area contributed by atoms with Crippen molar-refractivity contribution >= 4 is 21.7 Å². The molecule has 1 aliphatic heterocycles. The van der Waals surface area contributed by atoms with Crippen molar-refractivity contribution in [2.45, 2.75) is 57.0 Å². The fourth-order valence-corrected chi connectivity index (χ4v) is 6.51. The lowest BCUT2D eigenvalue weighted by atomic mass is 9.80. The molecule has 1 fully saturated rings. The zero-order chi connectivity index (χ0) is 34.4. The van der Waals surface area contributed by atoms with Gasteiger partial charge in [0.05, 0.1) is 28.8 Å². The third-order valence-corrected chi connectivity index (χ3v) is 8.91. The van der Waals surface area contributed by atoms with Crippen molar-refractivity contribution in [1.82, 2.24) is 14.6 Å². The Kier molecular flexibility index (Phi) is 9.53. The van der Waals surface area contributed by atoms with Gasteiger partial charge >= 0.3 is 12.4 Å². The number of piperidine rings is 1. The zero-order valence-electron chi connectivity index (χ0n) is 25.6. The SMILES string of the molecule is Cc1cc(F)ccc1-c1ccnc(N2CCC(NS(C)(=O)=O)C(N(C)C(=O)C(C)(C)c3cc(C(F)(F)F)cc(C(F)(F)F)c3)C2)c1. The van der Waals surface area contributed by atoms with Crippen LogP contribution in [0.15, 0.2) is 54.7 Å². The van der Waals surface area contributed by atoms with Crippen LogP contribution in [0, 0.1) is 12.7 Å². The van der Waals surface area contributed by atoms with Crippen LogP contribution in [-0.4, -0.2) is 62.7 Å². The molecule has 1 saturated heterocycles. The van der Waals surface area contributed by atoms with Crippen molar-refractivity contribution in [3.63, 3.8) is 0 Å². The Morgan fingerprint density at radius 3 is 2.09 bits per heavy atom. The molecule has 1 aromatic heterocycles. The van der Waals surface area contributed by atoms with E-state index in [1.54, 1.807) is 36.2 Å². The number of alkyl halides is 6. The molecule has 0 saturated carbocycles. The standard InChI is InChI=1S/C31H33F7N4O3S/c1-18-12-23(32)6-7-24(18)19-8-10-39-27(13-19)42-11-9-25(40-46(5,44)45)26(17-42)41(4)28(43)29(2,3)20-14-21(30(33,34)35)16-22(15-20)31(36,37)38/h6-8,10,12-16,25-26,40H,9,11,17H2,1-5H3. The normalized spacial score (nSPS) is 18.0. The molecule has 1 amide bonds. The lowest BCUT2D eigenvalue weighted by Crippen LogP contribution is -2.62. The van der Waals surface area contributed by atoms with Crippen molar-refractivity contribution in [3.8, 4) is 11.1 Å². The summed E-state index contributed by atoms with van der Waals surface area (Å²) in [4.78, 5) is 21.4. The van der Waals surface area contributed by atoms with Crippen molar-refractivity contribution in [2.75, 3.05) is 31.3 Å². The monoisotopic (exact) mass is 674 g/mol. The number of sulfonamides is 1. The summed E-state index contributed by atoms with van der Waals surface area (Å²) in [6, 6.07) is 7.14. The van der Waals surface area contributed by atoms with Gasteiger partial charge in [0.2, 0.25) is 15.9 Å². The number of nitrogens with one attached hydrogen (secondary N) is 1. The van der Waals surface area contributed by atoms with Gasteiger partial charge in [-0.05, 0) is 91.9 Å². The van der Waals surface area contributed by atoms with Gasteiger partial charge in [0.1, 0.15) is 11.6 Å². The first-order chi connectivity index (χ1) is 21.1. The Hall–Kier alpha value is -3.72. The number of anilines is 1. The summed E-state index contributed by atoms with van der Waals surface area (Å²) in [7, 11) is -2.45. The maximum absolute atomic E-state index is 14.0. The number of hydrogen-bond donors (Lipinski definition) is 1. The molecular formula is C31H33F7N4O3S. The number of hydrogen-bond acceptors (Lipinski definition) is 5. The molecule has 2 unspecified atom stereocenters. The summed E-state index contributed by atoms with van der Waals surface area (Å²) in [6.07, 6.45) is -7.53. The summed E-state index contributed by atoms with van der Waals surface area (Å²) < 4.78 is 122. The van der Waals surface area contributed by atoms with E-state index in [4.69, 9.17) is 0 Å². The minimum atomic E-state index is -5.11. The third kappa shape index (κ3) is 7.80. The number of benzene rings is 2. The van der Waals surface area contributed by atoms with Crippen LogP contribution in [0.4, 0.5) is 36.6 Å². The Bertz CT molecular complexity index is 1690. The predicted octanol–water partition coefficient (Wildman–Crippen LogP) is 6.17. The largest absolute Gasteiger partial charge is 0.416 e. The van der Waals surface area contributed by atoms with Crippen LogP contribution in [0.3, 0.4) is 0 Å². The van der Waals surface area contributed by atoms with Crippen molar-refractivity contribution in [1.29, 1.82) is 0 Å². The highest BCUT2D eigenvalue weighted by molar-refractivity contribution is 7.88. The quantitative estimate of drug-likeness (QED) is 0.304. The number of aromatic nitrogens is 1. The van der Waals surface area contributed by atoms with E-state index in [1.807, 2.05) is 0 Å². The van der Waals surface area contributed by atoms with Crippen LogP contribution < -0.4 is 9.62 Å². The second kappa shape index (κ2) is 12.5. The van der Waals surface area contributed by atoms with Gasteiger partial charge in [-0.2, -0.15) is 26.3 Å². The molecule has 1 aliphatic rings. The second-order valence-corrected chi connectivity index (χ2v) is 13.8. The van der Waals surface area contributed by atoms with Gasteiger partial charge < -0.3 is 9.80 Å².